The van der Waals surface area contributed by atoms with Crippen LogP contribution in [0.1, 0.15) is 271 Å². The smallest absolute Gasteiger partial charge is 0.306 e. The van der Waals surface area contributed by atoms with E-state index in [2.05, 4.69) is 93.7 Å². The average Bonchev–Trinajstić information content (AvgIpc) is 3.31. The average molecular weight is 921 g/mol. The molecule has 0 aromatic carbocycles. The highest BCUT2D eigenvalue weighted by atomic mass is 16.6. The number of allylic oxidation sites excluding steroid dienone is 12. The molecule has 0 radical (unpaired) electrons. The zero-order valence-corrected chi connectivity index (χ0v) is 43.4. The monoisotopic (exact) mass is 921 g/mol. The normalized spacial score (nSPS) is 12.6. The molecule has 0 heterocycles. The second-order valence-electron chi connectivity index (χ2n) is 18.6. The van der Waals surface area contributed by atoms with Gasteiger partial charge in [-0.1, -0.05) is 229 Å². The highest BCUT2D eigenvalue weighted by molar-refractivity contribution is 5.71. The van der Waals surface area contributed by atoms with E-state index in [1.807, 2.05) is 0 Å². The van der Waals surface area contributed by atoms with Crippen LogP contribution in [0.4, 0.5) is 0 Å². The van der Waals surface area contributed by atoms with E-state index in [1.165, 1.54) is 141 Å². The number of esters is 3. The lowest BCUT2D eigenvalue weighted by Gasteiger charge is -2.18. The molecule has 0 amide bonds. The van der Waals surface area contributed by atoms with Crippen LogP contribution in [0.2, 0.25) is 0 Å². The Hall–Kier alpha value is -3.15. The third-order valence-electron chi connectivity index (χ3n) is 12.0. The predicted molar refractivity (Wildman–Crippen MR) is 284 cm³/mol. The lowest BCUT2D eigenvalue weighted by Crippen LogP contribution is -2.30. The van der Waals surface area contributed by atoms with Gasteiger partial charge in [0.25, 0.3) is 0 Å². The minimum atomic E-state index is -0.792. The van der Waals surface area contributed by atoms with E-state index in [9.17, 15) is 14.4 Å². The van der Waals surface area contributed by atoms with E-state index in [1.54, 1.807) is 0 Å². The van der Waals surface area contributed by atoms with Crippen LogP contribution in [0.5, 0.6) is 0 Å². The molecule has 0 spiro atoms. The standard InChI is InChI=1S/C60H104O6/c1-4-7-10-13-16-19-22-25-28-29-30-33-35-38-41-44-47-50-53-59(62)65-56-57(66-60(63)54-51-48-45-42-39-36-32-27-24-21-18-15-12-9-6-3)55-64-58(61)52-49-46-43-40-37-34-31-26-23-20-17-14-11-8-5-2/h18,20-25,27-30,33,57H,4-17,19,26,31-32,34-56H2,1-3H3/b21-18-,23-20-,25-22-,27-24-,29-28-,33-30-. The van der Waals surface area contributed by atoms with Gasteiger partial charge in [0.2, 0.25) is 0 Å². The summed E-state index contributed by atoms with van der Waals surface area (Å²) in [5.41, 5.74) is 0. The van der Waals surface area contributed by atoms with Gasteiger partial charge in [0.1, 0.15) is 13.2 Å². The second-order valence-corrected chi connectivity index (χ2v) is 18.6. The van der Waals surface area contributed by atoms with E-state index in [-0.39, 0.29) is 31.1 Å². The van der Waals surface area contributed by atoms with Gasteiger partial charge in [-0.2, -0.15) is 0 Å². The molecule has 6 nitrogen and oxygen atoms in total. The van der Waals surface area contributed by atoms with Crippen molar-refractivity contribution in [2.45, 2.75) is 277 Å². The highest BCUT2D eigenvalue weighted by Crippen LogP contribution is 2.14. The van der Waals surface area contributed by atoms with Crippen molar-refractivity contribution in [2.75, 3.05) is 13.2 Å². The first-order valence-corrected chi connectivity index (χ1v) is 28.0. The van der Waals surface area contributed by atoms with Crippen molar-refractivity contribution in [1.82, 2.24) is 0 Å². The zero-order valence-electron chi connectivity index (χ0n) is 43.4. The van der Waals surface area contributed by atoms with Gasteiger partial charge in [0.15, 0.2) is 6.10 Å². The van der Waals surface area contributed by atoms with Gasteiger partial charge in [-0.15, -0.1) is 0 Å². The van der Waals surface area contributed by atoms with E-state index >= 15 is 0 Å². The summed E-state index contributed by atoms with van der Waals surface area (Å²) in [7, 11) is 0. The van der Waals surface area contributed by atoms with E-state index < -0.39 is 6.10 Å². The molecular formula is C60H104O6. The highest BCUT2D eigenvalue weighted by Gasteiger charge is 2.19. The van der Waals surface area contributed by atoms with Gasteiger partial charge in [0, 0.05) is 19.3 Å². The molecule has 0 aromatic rings. The van der Waals surface area contributed by atoms with Crippen molar-refractivity contribution in [3.05, 3.63) is 72.9 Å². The van der Waals surface area contributed by atoms with E-state index in [0.717, 1.165) is 89.9 Å². The molecule has 0 aliphatic carbocycles. The zero-order chi connectivity index (χ0) is 47.9. The van der Waals surface area contributed by atoms with Gasteiger partial charge < -0.3 is 14.2 Å². The van der Waals surface area contributed by atoms with Crippen molar-refractivity contribution in [1.29, 1.82) is 0 Å². The first kappa shape index (κ1) is 62.8. The Bertz CT molecular complexity index is 1240. The third kappa shape index (κ3) is 51.8. The number of hydrogen-bond donors (Lipinski definition) is 0. The van der Waals surface area contributed by atoms with Crippen LogP contribution in [-0.2, 0) is 28.6 Å². The molecule has 6 heteroatoms. The molecular weight excluding hydrogens is 817 g/mol. The molecule has 0 saturated heterocycles. The van der Waals surface area contributed by atoms with Crippen LogP contribution in [-0.4, -0.2) is 37.2 Å². The molecule has 0 saturated carbocycles. The lowest BCUT2D eigenvalue weighted by atomic mass is 10.1. The SMILES string of the molecule is CCCCC/C=C\C=C/CCCCCCCCC(=O)OC(COC(=O)CCCCCCC\C=C/C=C\C=C/CCCCCCC)COC(=O)CCCCCCCCC/C=C\CCCCCC. The Labute approximate surface area is 408 Å². The Morgan fingerprint density at radius 2 is 0.561 bits per heavy atom. The molecule has 0 aliphatic heterocycles. The fraction of sp³-hybridized carbons (Fsp3) is 0.750. The summed E-state index contributed by atoms with van der Waals surface area (Å²) in [5.74, 6) is -0.919. The quantitative estimate of drug-likeness (QED) is 0.0199. The van der Waals surface area contributed by atoms with E-state index in [0.29, 0.717) is 19.3 Å². The molecule has 66 heavy (non-hydrogen) atoms. The molecule has 380 valence electrons. The molecule has 1 unspecified atom stereocenters. The van der Waals surface area contributed by atoms with Crippen molar-refractivity contribution in [3.63, 3.8) is 0 Å². The summed E-state index contributed by atoms with van der Waals surface area (Å²) < 4.78 is 16.8. The molecule has 1 atom stereocenters. The number of rotatable bonds is 50. The summed E-state index contributed by atoms with van der Waals surface area (Å²) in [5, 5.41) is 0. The molecule has 0 rings (SSSR count). The van der Waals surface area contributed by atoms with Crippen LogP contribution in [0.3, 0.4) is 0 Å². The second kappa shape index (κ2) is 54.5. The summed E-state index contributed by atoms with van der Waals surface area (Å²) >= 11 is 0. The summed E-state index contributed by atoms with van der Waals surface area (Å²) in [6.45, 7) is 6.56. The predicted octanol–water partition coefficient (Wildman–Crippen LogP) is 18.6. The van der Waals surface area contributed by atoms with Gasteiger partial charge in [-0.05, 0) is 96.3 Å². The fourth-order valence-electron chi connectivity index (χ4n) is 7.72. The Morgan fingerprint density at radius 3 is 0.939 bits per heavy atom. The number of carbonyl (C=O) groups is 3. The summed E-state index contributed by atoms with van der Waals surface area (Å²) in [6.07, 6.45) is 68.8. The van der Waals surface area contributed by atoms with Crippen LogP contribution in [0, 0.1) is 0 Å². The maximum absolute atomic E-state index is 12.8. The van der Waals surface area contributed by atoms with Gasteiger partial charge in [0.05, 0.1) is 0 Å². The minimum Gasteiger partial charge on any atom is -0.462 e. The summed E-state index contributed by atoms with van der Waals surface area (Å²) in [4.78, 5) is 38.1. The van der Waals surface area contributed by atoms with E-state index in [4.69, 9.17) is 14.2 Å². The molecule has 0 N–H and O–H groups in total. The van der Waals surface area contributed by atoms with Crippen LogP contribution in [0.25, 0.3) is 0 Å². The summed E-state index contributed by atoms with van der Waals surface area (Å²) in [6, 6.07) is 0. The third-order valence-corrected chi connectivity index (χ3v) is 12.0. The van der Waals surface area contributed by atoms with Crippen molar-refractivity contribution in [3.8, 4) is 0 Å². The van der Waals surface area contributed by atoms with Gasteiger partial charge >= 0.3 is 17.9 Å². The van der Waals surface area contributed by atoms with Gasteiger partial charge in [-0.25, -0.2) is 0 Å². The van der Waals surface area contributed by atoms with Crippen LogP contribution in [0.15, 0.2) is 72.9 Å². The van der Waals surface area contributed by atoms with Crippen molar-refractivity contribution in [2.24, 2.45) is 0 Å². The fourth-order valence-corrected chi connectivity index (χ4v) is 7.72. The molecule has 0 bridgehead atoms. The Kier molecular flexibility index (Phi) is 51.9. The maximum Gasteiger partial charge on any atom is 0.306 e. The molecule has 0 aromatic heterocycles. The van der Waals surface area contributed by atoms with Crippen LogP contribution >= 0.6 is 0 Å². The first-order chi connectivity index (χ1) is 32.5. The number of carbonyl (C=O) groups excluding carboxylic acids is 3. The number of ether oxygens (including phenoxy) is 3. The van der Waals surface area contributed by atoms with Crippen molar-refractivity contribution < 1.29 is 28.6 Å². The largest absolute Gasteiger partial charge is 0.462 e. The first-order valence-electron chi connectivity index (χ1n) is 28.0. The molecule has 0 aliphatic rings. The topological polar surface area (TPSA) is 78.9 Å². The van der Waals surface area contributed by atoms with Crippen molar-refractivity contribution >= 4 is 17.9 Å². The Morgan fingerprint density at radius 1 is 0.303 bits per heavy atom. The number of unbranched alkanes of at least 4 members (excludes halogenated alkanes) is 30. The number of hydrogen-bond acceptors (Lipinski definition) is 6. The Balaban J connectivity index is 4.44. The molecule has 0 fully saturated rings. The van der Waals surface area contributed by atoms with Crippen LogP contribution < -0.4 is 0 Å². The maximum atomic E-state index is 12.8. The van der Waals surface area contributed by atoms with Gasteiger partial charge in [-0.3, -0.25) is 14.4 Å². The lowest BCUT2D eigenvalue weighted by molar-refractivity contribution is -0.167. The minimum absolute atomic E-state index is 0.0890.